The van der Waals surface area contributed by atoms with Gasteiger partial charge in [0.15, 0.2) is 5.03 Å². The summed E-state index contributed by atoms with van der Waals surface area (Å²) in [6.45, 7) is 4.61. The van der Waals surface area contributed by atoms with Gasteiger partial charge in [-0.05, 0) is 13.0 Å². The monoisotopic (exact) mass is 294 g/mol. The third-order valence-corrected chi connectivity index (χ3v) is 4.26. The molecule has 6 nitrogen and oxygen atoms in total. The molecule has 0 saturated carbocycles. The number of hydrogen-bond acceptors (Lipinski definition) is 4. The molecular formula is C10H19ClN4O2S. The molecule has 0 atom stereocenters. The Bertz CT molecular complexity index is 486. The predicted octanol–water partition coefficient (Wildman–Crippen LogP) is 0.139. The van der Waals surface area contributed by atoms with E-state index < -0.39 is 10.0 Å². The van der Waals surface area contributed by atoms with Crippen molar-refractivity contribution in [3.05, 3.63) is 12.0 Å². The van der Waals surface area contributed by atoms with Crippen LogP contribution in [-0.2, 0) is 23.0 Å². The summed E-state index contributed by atoms with van der Waals surface area (Å²) in [5.74, 6) is 0.872. The second-order valence-corrected chi connectivity index (χ2v) is 5.73. The van der Waals surface area contributed by atoms with Gasteiger partial charge in [-0.1, -0.05) is 6.92 Å². The van der Waals surface area contributed by atoms with Crippen molar-refractivity contribution in [2.75, 3.05) is 19.6 Å². The van der Waals surface area contributed by atoms with Gasteiger partial charge in [0, 0.05) is 26.1 Å². The second kappa shape index (κ2) is 6.51. The van der Waals surface area contributed by atoms with E-state index in [0.717, 1.165) is 31.8 Å². The summed E-state index contributed by atoms with van der Waals surface area (Å²) in [4.78, 5) is 4.14. The molecule has 0 spiro atoms. The first kappa shape index (κ1) is 15.4. The lowest BCUT2D eigenvalue weighted by molar-refractivity contribution is 0.561. The Balaban J connectivity index is 0.00000162. The average molecular weight is 295 g/mol. The zero-order valence-corrected chi connectivity index (χ0v) is 12.0. The number of likely N-dealkylation sites (N-methyl/N-ethyl adjacent to an activating group) is 1. The van der Waals surface area contributed by atoms with Crippen LogP contribution in [0.15, 0.2) is 11.2 Å². The Morgan fingerprint density at radius 2 is 2.22 bits per heavy atom. The third kappa shape index (κ3) is 3.23. The molecule has 0 bridgehead atoms. The maximum Gasteiger partial charge on any atom is 0.257 e. The summed E-state index contributed by atoms with van der Waals surface area (Å²) >= 11 is 0. The number of nitrogens with zero attached hydrogens (tertiary/aromatic N) is 2. The van der Waals surface area contributed by atoms with Gasteiger partial charge in [0.25, 0.3) is 10.0 Å². The maximum atomic E-state index is 12.0. The molecule has 104 valence electrons. The minimum atomic E-state index is -3.41. The fourth-order valence-electron chi connectivity index (χ4n) is 1.97. The predicted molar refractivity (Wildman–Crippen MR) is 71.5 cm³/mol. The fraction of sp³-hybridized carbons (Fsp3) is 0.700. The van der Waals surface area contributed by atoms with Gasteiger partial charge in [0.1, 0.15) is 5.82 Å². The molecular weight excluding hydrogens is 276 g/mol. The van der Waals surface area contributed by atoms with Crippen LogP contribution in [-0.4, -0.2) is 37.6 Å². The Morgan fingerprint density at radius 1 is 1.44 bits per heavy atom. The number of imidazole rings is 1. The molecule has 0 aliphatic carbocycles. The van der Waals surface area contributed by atoms with E-state index in [0.29, 0.717) is 18.1 Å². The molecule has 18 heavy (non-hydrogen) atoms. The van der Waals surface area contributed by atoms with Crippen LogP contribution in [0.1, 0.15) is 19.2 Å². The van der Waals surface area contributed by atoms with Crippen molar-refractivity contribution in [2.24, 2.45) is 0 Å². The topological polar surface area (TPSA) is 76.0 Å². The van der Waals surface area contributed by atoms with Gasteiger partial charge < -0.3 is 9.88 Å². The van der Waals surface area contributed by atoms with Gasteiger partial charge in [-0.3, -0.25) is 0 Å². The van der Waals surface area contributed by atoms with Crippen LogP contribution in [0.3, 0.4) is 0 Å². The number of aryl methyl sites for hydroxylation is 1. The molecule has 0 radical (unpaired) electrons. The van der Waals surface area contributed by atoms with E-state index in [4.69, 9.17) is 0 Å². The first-order valence-corrected chi connectivity index (χ1v) is 7.38. The van der Waals surface area contributed by atoms with Crippen LogP contribution in [0.2, 0.25) is 0 Å². The smallest absolute Gasteiger partial charge is 0.257 e. The Hall–Kier alpha value is -0.630. The number of fused-ring (bicyclic) bond motifs is 1. The summed E-state index contributed by atoms with van der Waals surface area (Å²) in [5, 5.41) is 3.36. The van der Waals surface area contributed by atoms with Crippen LogP contribution in [0.25, 0.3) is 0 Å². The number of rotatable bonds is 6. The summed E-state index contributed by atoms with van der Waals surface area (Å²) in [6, 6.07) is 0. The minimum Gasteiger partial charge on any atom is -0.318 e. The first-order chi connectivity index (χ1) is 8.15. The van der Waals surface area contributed by atoms with Gasteiger partial charge in [0.2, 0.25) is 0 Å². The second-order valence-electron chi connectivity index (χ2n) is 4.02. The standard InChI is InChI=1S/C10H18N4O2S.ClH/c1-2-11-5-6-13-17(15,16)10-8-12-9-4-3-7-14(9)10;/h8,11,13H,2-7H2,1H3;1H. The van der Waals surface area contributed by atoms with Gasteiger partial charge in [-0.2, -0.15) is 0 Å². The molecule has 8 heteroatoms. The first-order valence-electron chi connectivity index (χ1n) is 5.90. The molecule has 0 fully saturated rings. The Labute approximate surface area is 114 Å². The van der Waals surface area contributed by atoms with Crippen molar-refractivity contribution in [3.63, 3.8) is 0 Å². The van der Waals surface area contributed by atoms with E-state index in [1.54, 1.807) is 4.57 Å². The van der Waals surface area contributed by atoms with E-state index in [9.17, 15) is 8.42 Å². The van der Waals surface area contributed by atoms with E-state index >= 15 is 0 Å². The van der Waals surface area contributed by atoms with Gasteiger partial charge in [-0.15, -0.1) is 12.4 Å². The molecule has 2 N–H and O–H groups in total. The highest BCUT2D eigenvalue weighted by molar-refractivity contribution is 7.89. The lowest BCUT2D eigenvalue weighted by atomic mass is 10.4. The van der Waals surface area contributed by atoms with Crippen LogP contribution in [0.5, 0.6) is 0 Å². The summed E-state index contributed by atoms with van der Waals surface area (Å²) < 4.78 is 28.4. The van der Waals surface area contributed by atoms with Gasteiger partial charge >= 0.3 is 0 Å². The Kier molecular flexibility index (Phi) is 5.58. The lowest BCUT2D eigenvalue weighted by Gasteiger charge is -2.08. The molecule has 0 aromatic carbocycles. The summed E-state index contributed by atoms with van der Waals surface area (Å²) in [7, 11) is -3.41. The SMILES string of the molecule is CCNCCNS(=O)(=O)c1cnc2n1CCC2.Cl. The summed E-state index contributed by atoms with van der Waals surface area (Å²) in [6.07, 6.45) is 3.29. The van der Waals surface area contributed by atoms with Gasteiger partial charge in [-0.25, -0.2) is 18.1 Å². The van der Waals surface area contributed by atoms with Crippen LogP contribution < -0.4 is 10.0 Å². The molecule has 0 unspecified atom stereocenters. The van der Waals surface area contributed by atoms with E-state index in [1.807, 2.05) is 6.92 Å². The molecule has 1 aromatic heterocycles. The van der Waals surface area contributed by atoms with Crippen molar-refractivity contribution in [1.82, 2.24) is 19.6 Å². The highest BCUT2D eigenvalue weighted by Gasteiger charge is 2.24. The largest absolute Gasteiger partial charge is 0.318 e. The molecule has 1 aliphatic heterocycles. The van der Waals surface area contributed by atoms with Crippen molar-refractivity contribution in [3.8, 4) is 0 Å². The molecule has 2 rings (SSSR count). The fourth-order valence-corrected chi connectivity index (χ4v) is 3.17. The van der Waals surface area contributed by atoms with E-state index in [1.165, 1.54) is 6.20 Å². The maximum absolute atomic E-state index is 12.0. The van der Waals surface area contributed by atoms with Crippen LogP contribution in [0, 0.1) is 0 Å². The Morgan fingerprint density at radius 3 is 2.94 bits per heavy atom. The molecule has 1 aromatic rings. The minimum absolute atomic E-state index is 0. The van der Waals surface area contributed by atoms with Crippen molar-refractivity contribution in [1.29, 1.82) is 0 Å². The number of aromatic nitrogens is 2. The number of hydrogen-bond donors (Lipinski definition) is 2. The van der Waals surface area contributed by atoms with Crippen LogP contribution >= 0.6 is 12.4 Å². The highest BCUT2D eigenvalue weighted by atomic mass is 35.5. The normalized spacial score (nSPS) is 14.3. The summed E-state index contributed by atoms with van der Waals surface area (Å²) in [5.41, 5.74) is 0. The third-order valence-electron chi connectivity index (χ3n) is 2.80. The lowest BCUT2D eigenvalue weighted by Crippen LogP contribution is -2.32. The molecule has 1 aliphatic rings. The molecule has 2 heterocycles. The number of halogens is 1. The molecule has 0 saturated heterocycles. The molecule has 0 amide bonds. The van der Waals surface area contributed by atoms with Crippen molar-refractivity contribution >= 4 is 22.4 Å². The van der Waals surface area contributed by atoms with Gasteiger partial charge in [0.05, 0.1) is 6.20 Å². The average Bonchev–Trinajstić information content (AvgIpc) is 2.85. The van der Waals surface area contributed by atoms with Crippen molar-refractivity contribution < 1.29 is 8.42 Å². The quantitative estimate of drug-likeness (QED) is 0.732. The number of nitrogens with one attached hydrogen (secondary N) is 2. The van der Waals surface area contributed by atoms with E-state index in [2.05, 4.69) is 15.0 Å². The van der Waals surface area contributed by atoms with Crippen molar-refractivity contribution in [2.45, 2.75) is 31.3 Å². The highest BCUT2D eigenvalue weighted by Crippen LogP contribution is 2.19. The van der Waals surface area contributed by atoms with Crippen LogP contribution in [0.4, 0.5) is 0 Å². The van der Waals surface area contributed by atoms with E-state index in [-0.39, 0.29) is 12.4 Å². The zero-order chi connectivity index (χ0) is 12.3. The zero-order valence-electron chi connectivity index (χ0n) is 10.3. The number of sulfonamides is 1.